The van der Waals surface area contributed by atoms with Gasteiger partial charge in [-0.3, -0.25) is 4.79 Å². The third kappa shape index (κ3) is 3.88. The summed E-state index contributed by atoms with van der Waals surface area (Å²) < 4.78 is 40.5. The molecule has 0 bridgehead atoms. The molecule has 2 unspecified atom stereocenters. The molecule has 116 valence electrons. The van der Waals surface area contributed by atoms with Crippen molar-refractivity contribution in [1.82, 2.24) is 0 Å². The van der Waals surface area contributed by atoms with Crippen molar-refractivity contribution >= 4 is 24.6 Å². The molecule has 0 heterocycles. The molecule has 2 N–H and O–H groups in total. The fraction of sp³-hybridized carbons (Fsp3) is 0.833. The molecule has 0 aliphatic heterocycles. The number of carbonyl (C=O) groups excluding carboxylic acids is 2. The van der Waals surface area contributed by atoms with Crippen LogP contribution in [0.4, 0.5) is 13.2 Å². The van der Waals surface area contributed by atoms with Crippen LogP contribution in [0.5, 0.6) is 0 Å². The summed E-state index contributed by atoms with van der Waals surface area (Å²) in [4.78, 5) is 22.8. The number of hydrogen-bond donors (Lipinski definition) is 2. The van der Waals surface area contributed by atoms with Gasteiger partial charge in [0.05, 0.1) is 5.41 Å². The average molecular weight is 313 g/mol. The van der Waals surface area contributed by atoms with Crippen molar-refractivity contribution in [2.24, 2.45) is 11.1 Å². The molecule has 1 fully saturated rings. The minimum Gasteiger partial charge on any atom is -0.386 e. The zero-order valence-electron chi connectivity index (χ0n) is 10.9. The van der Waals surface area contributed by atoms with Crippen LogP contribution in [-0.4, -0.2) is 29.9 Å². The number of carbonyl (C=O) groups is 2. The summed E-state index contributed by atoms with van der Waals surface area (Å²) in [5.74, 6) is -3.58. The molecule has 0 radical (unpaired) electrons. The Bertz CT molecular complexity index is 375. The first-order valence-electron chi connectivity index (χ1n) is 6.45. The Morgan fingerprint density at radius 3 is 2.45 bits per heavy atom. The summed E-state index contributed by atoms with van der Waals surface area (Å²) >= 11 is 4.28. The number of nitrogens with two attached hydrogens (primary N) is 1. The van der Waals surface area contributed by atoms with Gasteiger partial charge in [0.2, 0.25) is 0 Å². The molecule has 20 heavy (non-hydrogen) atoms. The van der Waals surface area contributed by atoms with Crippen molar-refractivity contribution in [2.45, 2.75) is 50.0 Å². The zero-order chi connectivity index (χ0) is 15.4. The number of rotatable bonds is 5. The topological polar surface area (TPSA) is 69.4 Å². The molecule has 0 spiro atoms. The van der Waals surface area contributed by atoms with Gasteiger partial charge in [0.25, 0.3) is 0 Å². The maximum Gasteiger partial charge on any atom is 0.491 e. The van der Waals surface area contributed by atoms with E-state index in [0.717, 1.165) is 0 Å². The van der Waals surface area contributed by atoms with E-state index in [4.69, 9.17) is 5.73 Å². The summed E-state index contributed by atoms with van der Waals surface area (Å²) in [6, 6.07) is 0. The zero-order valence-corrected chi connectivity index (χ0v) is 11.8. The Balaban J connectivity index is 2.78. The molecule has 0 amide bonds. The SMILES string of the molecule is NCCCCC1(C(=O)OC(=O)C(F)(F)F)CCCC1S. The molecule has 1 aliphatic carbocycles. The second-order valence-electron chi connectivity index (χ2n) is 4.98. The molecule has 2 atom stereocenters. The lowest BCUT2D eigenvalue weighted by Crippen LogP contribution is -2.41. The summed E-state index contributed by atoms with van der Waals surface area (Å²) in [6.45, 7) is 0.434. The van der Waals surface area contributed by atoms with Gasteiger partial charge in [0, 0.05) is 5.25 Å². The van der Waals surface area contributed by atoms with E-state index in [2.05, 4.69) is 17.4 Å². The molecule has 0 aromatic heterocycles. The predicted molar refractivity (Wildman–Crippen MR) is 69.1 cm³/mol. The minimum atomic E-state index is -5.17. The highest BCUT2D eigenvalue weighted by molar-refractivity contribution is 7.81. The van der Waals surface area contributed by atoms with Crippen LogP contribution in [0.3, 0.4) is 0 Å². The molecule has 1 saturated carbocycles. The van der Waals surface area contributed by atoms with Crippen LogP contribution in [0.15, 0.2) is 0 Å². The van der Waals surface area contributed by atoms with Crippen LogP contribution in [0.1, 0.15) is 38.5 Å². The van der Waals surface area contributed by atoms with Crippen LogP contribution >= 0.6 is 12.6 Å². The lowest BCUT2D eigenvalue weighted by molar-refractivity contribution is -0.205. The van der Waals surface area contributed by atoms with Crippen molar-refractivity contribution in [3.05, 3.63) is 0 Å². The van der Waals surface area contributed by atoms with Crippen molar-refractivity contribution in [3.63, 3.8) is 0 Å². The van der Waals surface area contributed by atoms with Gasteiger partial charge in [0.1, 0.15) is 0 Å². The Morgan fingerprint density at radius 2 is 2.00 bits per heavy atom. The van der Waals surface area contributed by atoms with Crippen molar-refractivity contribution in [2.75, 3.05) is 6.54 Å². The summed E-state index contributed by atoms with van der Waals surface area (Å²) in [5.41, 5.74) is 4.25. The number of hydrogen-bond acceptors (Lipinski definition) is 5. The van der Waals surface area contributed by atoms with Crippen LogP contribution in [0.2, 0.25) is 0 Å². The minimum absolute atomic E-state index is 0.336. The predicted octanol–water partition coefficient (Wildman–Crippen LogP) is 2.22. The lowest BCUT2D eigenvalue weighted by Gasteiger charge is -2.30. The van der Waals surface area contributed by atoms with E-state index >= 15 is 0 Å². The first-order chi connectivity index (χ1) is 9.24. The van der Waals surface area contributed by atoms with Gasteiger partial charge >= 0.3 is 18.1 Å². The third-order valence-corrected chi connectivity index (χ3v) is 4.39. The van der Waals surface area contributed by atoms with Gasteiger partial charge in [-0.2, -0.15) is 25.8 Å². The van der Waals surface area contributed by atoms with E-state index in [1.165, 1.54) is 0 Å². The van der Waals surface area contributed by atoms with Gasteiger partial charge in [0.15, 0.2) is 0 Å². The summed E-state index contributed by atoms with van der Waals surface area (Å²) in [7, 11) is 0. The third-order valence-electron chi connectivity index (χ3n) is 3.64. The summed E-state index contributed by atoms with van der Waals surface area (Å²) in [6.07, 6.45) is -1.92. The van der Waals surface area contributed by atoms with Crippen LogP contribution in [0.25, 0.3) is 0 Å². The number of halogens is 3. The quantitative estimate of drug-likeness (QED) is 0.353. The Hall–Kier alpha value is -0.760. The van der Waals surface area contributed by atoms with Gasteiger partial charge in [-0.1, -0.05) is 12.8 Å². The van der Waals surface area contributed by atoms with Gasteiger partial charge in [-0.25, -0.2) is 4.79 Å². The van der Waals surface area contributed by atoms with E-state index in [0.29, 0.717) is 45.1 Å². The molecule has 4 nitrogen and oxygen atoms in total. The van der Waals surface area contributed by atoms with Gasteiger partial charge in [-0.15, -0.1) is 0 Å². The van der Waals surface area contributed by atoms with Crippen molar-refractivity contribution in [1.29, 1.82) is 0 Å². The molecular formula is C12H18F3NO3S. The van der Waals surface area contributed by atoms with Gasteiger partial charge in [-0.05, 0) is 32.2 Å². The molecule has 0 saturated heterocycles. The first-order valence-corrected chi connectivity index (χ1v) is 6.97. The second-order valence-corrected chi connectivity index (χ2v) is 5.61. The second kappa shape index (κ2) is 6.80. The largest absolute Gasteiger partial charge is 0.491 e. The van der Waals surface area contributed by atoms with Gasteiger partial charge < -0.3 is 10.5 Å². The highest BCUT2D eigenvalue weighted by Gasteiger charge is 2.51. The number of ether oxygens (including phenoxy) is 1. The number of esters is 2. The van der Waals surface area contributed by atoms with E-state index in [1.807, 2.05) is 0 Å². The summed E-state index contributed by atoms with van der Waals surface area (Å²) in [5, 5.41) is -0.395. The monoisotopic (exact) mass is 313 g/mol. The molecule has 1 aliphatic rings. The van der Waals surface area contributed by atoms with E-state index in [9.17, 15) is 22.8 Å². The van der Waals surface area contributed by atoms with Crippen LogP contribution < -0.4 is 5.73 Å². The first kappa shape index (κ1) is 17.3. The molecule has 0 aromatic carbocycles. The molecule has 8 heteroatoms. The van der Waals surface area contributed by atoms with E-state index < -0.39 is 28.8 Å². The maximum absolute atomic E-state index is 12.2. The molecule has 0 aromatic rings. The number of unbranched alkanes of at least 4 members (excludes halogenated alkanes) is 1. The molecular weight excluding hydrogens is 295 g/mol. The number of alkyl halides is 3. The number of thiol groups is 1. The normalized spacial score (nSPS) is 26.6. The Morgan fingerprint density at radius 1 is 1.35 bits per heavy atom. The Kier molecular flexibility index (Phi) is 5.88. The average Bonchev–Trinajstić information content (AvgIpc) is 2.71. The van der Waals surface area contributed by atoms with E-state index in [-0.39, 0.29) is 0 Å². The highest BCUT2D eigenvalue weighted by atomic mass is 32.1. The standard InChI is InChI=1S/C12H18F3NO3S/c13-12(14,15)10(18)19-9(17)11(5-1-2-7-16)6-3-4-8(11)20/h8,20H,1-7,16H2. The van der Waals surface area contributed by atoms with Crippen LogP contribution in [-0.2, 0) is 14.3 Å². The van der Waals surface area contributed by atoms with Crippen molar-refractivity contribution in [3.8, 4) is 0 Å². The highest BCUT2D eigenvalue weighted by Crippen LogP contribution is 2.46. The smallest absolute Gasteiger partial charge is 0.386 e. The van der Waals surface area contributed by atoms with E-state index in [1.54, 1.807) is 0 Å². The fourth-order valence-electron chi connectivity index (χ4n) is 2.51. The van der Waals surface area contributed by atoms with Crippen LogP contribution in [0, 0.1) is 5.41 Å². The maximum atomic E-state index is 12.2. The Labute approximate surface area is 120 Å². The lowest BCUT2D eigenvalue weighted by atomic mass is 9.80. The molecule has 1 rings (SSSR count). The fourth-order valence-corrected chi connectivity index (χ4v) is 3.06. The van der Waals surface area contributed by atoms with Crippen molar-refractivity contribution < 1.29 is 27.5 Å².